The third-order valence-corrected chi connectivity index (χ3v) is 4.06. The van der Waals surface area contributed by atoms with Gasteiger partial charge in [0, 0.05) is 24.2 Å². The molecule has 0 saturated heterocycles. The van der Waals surface area contributed by atoms with Crippen LogP contribution in [0.3, 0.4) is 0 Å². The van der Waals surface area contributed by atoms with Crippen molar-refractivity contribution in [3.63, 3.8) is 0 Å². The summed E-state index contributed by atoms with van der Waals surface area (Å²) in [4.78, 5) is 24.9. The van der Waals surface area contributed by atoms with Crippen molar-refractivity contribution in [1.82, 2.24) is 4.90 Å². The minimum atomic E-state index is -0.778. The predicted octanol–water partition coefficient (Wildman–Crippen LogP) is 1.94. The first-order valence-corrected chi connectivity index (χ1v) is 6.59. The number of hydrogen-bond acceptors (Lipinski definition) is 3. The number of carboxylic acids is 1. The summed E-state index contributed by atoms with van der Waals surface area (Å²) in [5.41, 5.74) is 1.41. The Morgan fingerprint density at radius 3 is 2.55 bits per heavy atom. The molecule has 1 aromatic rings. The highest BCUT2D eigenvalue weighted by molar-refractivity contribution is 5.96. The third-order valence-electron chi connectivity index (χ3n) is 4.06. The molecule has 0 radical (unpaired) electrons. The van der Waals surface area contributed by atoms with E-state index in [4.69, 9.17) is 9.84 Å². The summed E-state index contributed by atoms with van der Waals surface area (Å²) in [7, 11) is 3.30. The van der Waals surface area contributed by atoms with Gasteiger partial charge in [0.15, 0.2) is 0 Å². The number of carbonyl (C=O) groups is 2. The van der Waals surface area contributed by atoms with E-state index in [2.05, 4.69) is 0 Å². The average Bonchev–Trinajstić information content (AvgIpc) is 2.35. The molecule has 1 aliphatic carbocycles. The second kappa shape index (κ2) is 5.53. The van der Waals surface area contributed by atoms with Crippen LogP contribution in [-0.4, -0.2) is 42.1 Å². The topological polar surface area (TPSA) is 66.8 Å². The van der Waals surface area contributed by atoms with Gasteiger partial charge in [0.1, 0.15) is 5.75 Å². The van der Waals surface area contributed by atoms with Crippen molar-refractivity contribution in [3.8, 4) is 5.75 Å². The van der Waals surface area contributed by atoms with E-state index >= 15 is 0 Å². The van der Waals surface area contributed by atoms with Crippen molar-refractivity contribution >= 4 is 11.9 Å². The van der Waals surface area contributed by atoms with Crippen molar-refractivity contribution in [2.24, 2.45) is 5.92 Å². The van der Waals surface area contributed by atoms with Gasteiger partial charge in [0.2, 0.25) is 0 Å². The molecule has 1 amide bonds. The van der Waals surface area contributed by atoms with Crippen LogP contribution < -0.4 is 4.74 Å². The second-order valence-electron chi connectivity index (χ2n) is 5.21. The Morgan fingerprint density at radius 2 is 2.00 bits per heavy atom. The minimum absolute atomic E-state index is 0.00852. The summed E-state index contributed by atoms with van der Waals surface area (Å²) in [6.45, 7) is 1.85. The SMILES string of the molecule is COc1cccc(C(=O)N(C)C2CC(C(=O)O)C2)c1C. The maximum Gasteiger partial charge on any atom is 0.306 e. The van der Waals surface area contributed by atoms with E-state index in [9.17, 15) is 9.59 Å². The molecule has 5 nitrogen and oxygen atoms in total. The van der Waals surface area contributed by atoms with E-state index in [1.165, 1.54) is 0 Å². The molecule has 1 aliphatic rings. The van der Waals surface area contributed by atoms with Crippen molar-refractivity contribution in [3.05, 3.63) is 29.3 Å². The number of nitrogens with zero attached hydrogens (tertiary/aromatic N) is 1. The highest BCUT2D eigenvalue weighted by atomic mass is 16.5. The van der Waals surface area contributed by atoms with Gasteiger partial charge in [-0.25, -0.2) is 0 Å². The molecule has 108 valence electrons. The van der Waals surface area contributed by atoms with Crippen LogP contribution in [-0.2, 0) is 4.79 Å². The van der Waals surface area contributed by atoms with Crippen LogP contribution in [0.2, 0.25) is 0 Å². The zero-order valence-corrected chi connectivity index (χ0v) is 11.9. The van der Waals surface area contributed by atoms with E-state index in [-0.39, 0.29) is 17.9 Å². The maximum absolute atomic E-state index is 12.5. The first-order chi connectivity index (χ1) is 9.45. The lowest BCUT2D eigenvalue weighted by atomic mass is 9.79. The largest absolute Gasteiger partial charge is 0.496 e. The summed E-state index contributed by atoms with van der Waals surface area (Å²) in [6.07, 6.45) is 1.06. The maximum atomic E-state index is 12.5. The number of amides is 1. The molecule has 20 heavy (non-hydrogen) atoms. The van der Waals surface area contributed by atoms with Crippen molar-refractivity contribution < 1.29 is 19.4 Å². The molecular weight excluding hydrogens is 258 g/mol. The van der Waals surface area contributed by atoms with Gasteiger partial charge < -0.3 is 14.7 Å². The Kier molecular flexibility index (Phi) is 3.97. The molecule has 0 aliphatic heterocycles. The molecular formula is C15H19NO4. The lowest BCUT2D eigenvalue weighted by Gasteiger charge is -2.39. The third kappa shape index (κ3) is 2.48. The molecule has 0 heterocycles. The second-order valence-corrected chi connectivity index (χ2v) is 5.21. The van der Waals surface area contributed by atoms with E-state index in [1.807, 2.05) is 13.0 Å². The monoisotopic (exact) mass is 277 g/mol. The number of hydrogen-bond donors (Lipinski definition) is 1. The number of aliphatic carboxylic acids is 1. The van der Waals surface area contributed by atoms with Crippen molar-refractivity contribution in [2.45, 2.75) is 25.8 Å². The minimum Gasteiger partial charge on any atom is -0.496 e. The van der Waals surface area contributed by atoms with Gasteiger partial charge in [0.25, 0.3) is 5.91 Å². The highest BCUT2D eigenvalue weighted by Gasteiger charge is 2.38. The van der Waals surface area contributed by atoms with Crippen LogP contribution in [0.5, 0.6) is 5.75 Å². The van der Waals surface area contributed by atoms with Gasteiger partial charge in [-0.2, -0.15) is 0 Å². The van der Waals surface area contributed by atoms with Gasteiger partial charge in [-0.05, 0) is 31.9 Å². The molecule has 1 saturated carbocycles. The van der Waals surface area contributed by atoms with Crippen molar-refractivity contribution in [1.29, 1.82) is 0 Å². The number of benzene rings is 1. The molecule has 1 aromatic carbocycles. The van der Waals surface area contributed by atoms with Crippen LogP contribution in [0.15, 0.2) is 18.2 Å². The summed E-state index contributed by atoms with van der Waals surface area (Å²) in [5, 5.41) is 8.88. The van der Waals surface area contributed by atoms with Gasteiger partial charge in [-0.3, -0.25) is 9.59 Å². The van der Waals surface area contributed by atoms with Crippen LogP contribution in [0.25, 0.3) is 0 Å². The Morgan fingerprint density at radius 1 is 1.35 bits per heavy atom. The van der Waals surface area contributed by atoms with Gasteiger partial charge in [0.05, 0.1) is 13.0 Å². The molecule has 0 bridgehead atoms. The fourth-order valence-corrected chi connectivity index (χ4v) is 2.53. The summed E-state index contributed by atoms with van der Waals surface area (Å²) in [5.74, 6) is -0.502. The number of carboxylic acid groups (broad SMARTS) is 1. The summed E-state index contributed by atoms with van der Waals surface area (Å²) < 4.78 is 5.22. The molecule has 2 rings (SSSR count). The van der Waals surface area contributed by atoms with Crippen LogP contribution in [0, 0.1) is 12.8 Å². The Balaban J connectivity index is 2.10. The zero-order chi connectivity index (χ0) is 14.9. The highest BCUT2D eigenvalue weighted by Crippen LogP contribution is 2.32. The number of ether oxygens (including phenoxy) is 1. The Hall–Kier alpha value is -2.04. The van der Waals surface area contributed by atoms with Crippen LogP contribution in [0.1, 0.15) is 28.8 Å². The van der Waals surface area contributed by atoms with Crippen molar-refractivity contribution in [2.75, 3.05) is 14.2 Å². The van der Waals surface area contributed by atoms with E-state index in [1.54, 1.807) is 31.2 Å². The number of rotatable bonds is 4. The normalized spacial score (nSPS) is 20.9. The lowest BCUT2D eigenvalue weighted by molar-refractivity contribution is -0.146. The molecule has 0 spiro atoms. The fraction of sp³-hybridized carbons (Fsp3) is 0.467. The molecule has 0 atom stereocenters. The Labute approximate surface area is 118 Å². The van der Waals surface area contributed by atoms with Crippen LogP contribution in [0.4, 0.5) is 0 Å². The standard InChI is InChI=1S/C15H19NO4/c1-9-12(5-4-6-13(9)20-3)14(17)16(2)11-7-10(8-11)15(18)19/h4-6,10-11H,7-8H2,1-3H3,(H,18,19). The predicted molar refractivity (Wildman–Crippen MR) is 74.0 cm³/mol. The fourth-order valence-electron chi connectivity index (χ4n) is 2.53. The van der Waals surface area contributed by atoms with Gasteiger partial charge in [-0.1, -0.05) is 6.07 Å². The molecule has 1 N–H and O–H groups in total. The number of carbonyl (C=O) groups excluding carboxylic acids is 1. The van der Waals surface area contributed by atoms with E-state index < -0.39 is 5.97 Å². The van der Waals surface area contributed by atoms with E-state index in [0.717, 1.165) is 5.56 Å². The van der Waals surface area contributed by atoms with Gasteiger partial charge >= 0.3 is 5.97 Å². The summed E-state index contributed by atoms with van der Waals surface area (Å²) in [6, 6.07) is 5.38. The molecule has 5 heteroatoms. The lowest BCUT2D eigenvalue weighted by Crippen LogP contribution is -2.47. The average molecular weight is 277 g/mol. The molecule has 0 unspecified atom stereocenters. The van der Waals surface area contributed by atoms with Crippen LogP contribution >= 0.6 is 0 Å². The smallest absolute Gasteiger partial charge is 0.306 e. The first kappa shape index (κ1) is 14.4. The summed E-state index contributed by atoms with van der Waals surface area (Å²) >= 11 is 0. The number of methoxy groups -OCH3 is 1. The molecule has 1 fully saturated rings. The molecule has 0 aromatic heterocycles. The van der Waals surface area contributed by atoms with E-state index in [0.29, 0.717) is 24.2 Å². The zero-order valence-electron chi connectivity index (χ0n) is 11.9. The van der Waals surface area contributed by atoms with Gasteiger partial charge in [-0.15, -0.1) is 0 Å². The Bertz CT molecular complexity index is 535. The quantitative estimate of drug-likeness (QED) is 0.913. The first-order valence-electron chi connectivity index (χ1n) is 6.59.